The van der Waals surface area contributed by atoms with Gasteiger partial charge in [0.15, 0.2) is 0 Å². The van der Waals surface area contributed by atoms with Gasteiger partial charge >= 0.3 is 0 Å². The molecule has 0 spiro atoms. The summed E-state index contributed by atoms with van der Waals surface area (Å²) in [4.78, 5) is 14.2. The maximum Gasteiger partial charge on any atom is 0.234 e. The molecule has 2 N–H and O–H groups in total. The molecule has 0 atom stereocenters. The predicted octanol–water partition coefficient (Wildman–Crippen LogP) is 1.14. The van der Waals surface area contributed by atoms with Crippen LogP contribution in [0.3, 0.4) is 0 Å². The molecule has 1 aliphatic carbocycles. The molecule has 22 heavy (non-hydrogen) atoms. The van der Waals surface area contributed by atoms with Gasteiger partial charge in [0.25, 0.3) is 0 Å². The summed E-state index contributed by atoms with van der Waals surface area (Å²) >= 11 is 0. The van der Waals surface area contributed by atoms with Crippen molar-refractivity contribution in [3.63, 3.8) is 0 Å². The lowest BCUT2D eigenvalue weighted by atomic mass is 10.1. The van der Waals surface area contributed by atoms with Crippen molar-refractivity contribution in [2.24, 2.45) is 5.92 Å². The molecule has 1 aromatic carbocycles. The van der Waals surface area contributed by atoms with Gasteiger partial charge in [-0.2, -0.15) is 0 Å². The van der Waals surface area contributed by atoms with E-state index in [0.717, 1.165) is 38.8 Å². The summed E-state index contributed by atoms with van der Waals surface area (Å²) < 4.78 is 5.41. The van der Waals surface area contributed by atoms with Crippen molar-refractivity contribution in [3.8, 4) is 0 Å². The largest absolute Gasteiger partial charge is 0.378 e. The molecule has 0 radical (unpaired) electrons. The summed E-state index contributed by atoms with van der Waals surface area (Å²) in [5, 5.41) is 6.24. The summed E-state index contributed by atoms with van der Waals surface area (Å²) in [5.41, 5.74) is 2.37. The highest BCUT2D eigenvalue weighted by atomic mass is 16.5. The van der Waals surface area contributed by atoms with E-state index in [2.05, 4.69) is 27.7 Å². The fourth-order valence-electron chi connectivity index (χ4n) is 2.74. The van der Waals surface area contributed by atoms with Gasteiger partial charge < -0.3 is 20.3 Å². The number of ether oxygens (including phenoxy) is 1. The quantitative estimate of drug-likeness (QED) is 0.793. The van der Waals surface area contributed by atoms with Gasteiger partial charge in [-0.15, -0.1) is 0 Å². The van der Waals surface area contributed by atoms with Crippen molar-refractivity contribution >= 4 is 11.6 Å². The normalized spacial score (nSPS) is 18.3. The number of morpholine rings is 1. The molecule has 5 heteroatoms. The topological polar surface area (TPSA) is 53.6 Å². The average Bonchev–Trinajstić information content (AvgIpc) is 3.38. The Kier molecular flexibility index (Phi) is 5.29. The zero-order chi connectivity index (χ0) is 15.2. The SMILES string of the molecule is O=C(CNCC1CC1)NCc1ccccc1N1CCOCC1. The lowest BCUT2D eigenvalue weighted by Crippen LogP contribution is -2.38. The fraction of sp³-hybridized carbons (Fsp3) is 0.588. The van der Waals surface area contributed by atoms with Crippen LogP contribution in [0.5, 0.6) is 0 Å². The molecule has 1 heterocycles. The Morgan fingerprint density at radius 2 is 2.00 bits per heavy atom. The Morgan fingerprint density at radius 1 is 1.23 bits per heavy atom. The van der Waals surface area contributed by atoms with Gasteiger partial charge in [0, 0.05) is 25.3 Å². The molecular formula is C17H25N3O2. The zero-order valence-electron chi connectivity index (χ0n) is 13.0. The fourth-order valence-corrected chi connectivity index (χ4v) is 2.74. The second kappa shape index (κ2) is 7.61. The highest BCUT2D eigenvalue weighted by Crippen LogP contribution is 2.27. The number of amides is 1. The van der Waals surface area contributed by atoms with Crippen molar-refractivity contribution < 1.29 is 9.53 Å². The summed E-state index contributed by atoms with van der Waals surface area (Å²) in [6, 6.07) is 8.28. The van der Waals surface area contributed by atoms with E-state index in [9.17, 15) is 4.79 Å². The van der Waals surface area contributed by atoms with Gasteiger partial charge in [0.2, 0.25) is 5.91 Å². The summed E-state index contributed by atoms with van der Waals surface area (Å²) in [5.74, 6) is 0.868. The minimum atomic E-state index is 0.0671. The first-order valence-electron chi connectivity index (χ1n) is 8.21. The minimum absolute atomic E-state index is 0.0671. The Morgan fingerprint density at radius 3 is 2.77 bits per heavy atom. The smallest absolute Gasteiger partial charge is 0.234 e. The van der Waals surface area contributed by atoms with E-state index in [1.807, 2.05) is 12.1 Å². The van der Waals surface area contributed by atoms with Gasteiger partial charge in [0.1, 0.15) is 0 Å². The molecule has 2 fully saturated rings. The number of nitrogens with one attached hydrogen (secondary N) is 2. The maximum atomic E-state index is 11.9. The number of rotatable bonds is 7. The van der Waals surface area contributed by atoms with Crippen LogP contribution in [0.4, 0.5) is 5.69 Å². The first-order chi connectivity index (χ1) is 10.8. The van der Waals surface area contributed by atoms with Crippen LogP contribution in [0.15, 0.2) is 24.3 Å². The second-order valence-corrected chi connectivity index (χ2v) is 6.08. The maximum absolute atomic E-state index is 11.9. The van der Waals surface area contributed by atoms with Gasteiger partial charge in [-0.3, -0.25) is 4.79 Å². The van der Waals surface area contributed by atoms with Crippen molar-refractivity contribution in [1.82, 2.24) is 10.6 Å². The molecule has 0 unspecified atom stereocenters. The third-order valence-corrected chi connectivity index (χ3v) is 4.23. The van der Waals surface area contributed by atoms with E-state index in [4.69, 9.17) is 4.74 Å². The van der Waals surface area contributed by atoms with Gasteiger partial charge in [-0.05, 0) is 36.9 Å². The molecule has 0 bridgehead atoms. The minimum Gasteiger partial charge on any atom is -0.378 e. The molecule has 1 aromatic rings. The summed E-state index contributed by atoms with van der Waals surface area (Å²) in [6.07, 6.45) is 2.61. The first-order valence-corrected chi connectivity index (χ1v) is 8.21. The van der Waals surface area contributed by atoms with Gasteiger partial charge in [0.05, 0.1) is 19.8 Å². The number of benzene rings is 1. The van der Waals surface area contributed by atoms with Gasteiger partial charge in [-0.25, -0.2) is 0 Å². The number of hydrogen-bond acceptors (Lipinski definition) is 4. The molecule has 0 aromatic heterocycles. The Bertz CT molecular complexity index is 496. The van der Waals surface area contributed by atoms with Crippen LogP contribution in [0, 0.1) is 5.92 Å². The monoisotopic (exact) mass is 303 g/mol. The van der Waals surface area contributed by atoms with E-state index in [0.29, 0.717) is 13.1 Å². The van der Waals surface area contributed by atoms with Crippen LogP contribution < -0.4 is 15.5 Å². The standard InChI is InChI=1S/C17H25N3O2/c21-17(13-18-11-14-5-6-14)19-12-15-3-1-2-4-16(15)20-7-9-22-10-8-20/h1-4,14,18H,5-13H2,(H,19,21). The number of carbonyl (C=O) groups excluding carboxylic acids is 1. The van der Waals surface area contributed by atoms with Crippen molar-refractivity contribution in [2.45, 2.75) is 19.4 Å². The van der Waals surface area contributed by atoms with E-state index < -0.39 is 0 Å². The molecule has 1 amide bonds. The highest BCUT2D eigenvalue weighted by molar-refractivity contribution is 5.78. The third-order valence-electron chi connectivity index (χ3n) is 4.23. The van der Waals surface area contributed by atoms with Crippen molar-refractivity contribution in [1.29, 1.82) is 0 Å². The van der Waals surface area contributed by atoms with E-state index >= 15 is 0 Å². The van der Waals surface area contributed by atoms with Crippen LogP contribution in [0.2, 0.25) is 0 Å². The average molecular weight is 303 g/mol. The van der Waals surface area contributed by atoms with Gasteiger partial charge in [-0.1, -0.05) is 18.2 Å². The molecule has 1 saturated carbocycles. The molecule has 120 valence electrons. The molecule has 1 aliphatic heterocycles. The van der Waals surface area contributed by atoms with E-state index in [1.165, 1.54) is 24.1 Å². The zero-order valence-corrected chi connectivity index (χ0v) is 13.0. The number of anilines is 1. The summed E-state index contributed by atoms with van der Waals surface area (Å²) in [7, 11) is 0. The van der Waals surface area contributed by atoms with E-state index in [1.54, 1.807) is 0 Å². The number of para-hydroxylation sites is 1. The van der Waals surface area contributed by atoms with Crippen LogP contribution >= 0.6 is 0 Å². The number of nitrogens with zero attached hydrogens (tertiary/aromatic N) is 1. The lowest BCUT2D eigenvalue weighted by Gasteiger charge is -2.30. The van der Waals surface area contributed by atoms with Crippen LogP contribution in [0.25, 0.3) is 0 Å². The Balaban J connectivity index is 1.49. The number of hydrogen-bond donors (Lipinski definition) is 2. The van der Waals surface area contributed by atoms with Crippen LogP contribution in [-0.4, -0.2) is 45.3 Å². The third kappa shape index (κ3) is 4.45. The van der Waals surface area contributed by atoms with E-state index in [-0.39, 0.29) is 5.91 Å². The molecule has 2 aliphatic rings. The predicted molar refractivity (Wildman–Crippen MR) is 86.9 cm³/mol. The lowest BCUT2D eigenvalue weighted by molar-refractivity contribution is -0.120. The molecular weight excluding hydrogens is 278 g/mol. The highest BCUT2D eigenvalue weighted by Gasteiger charge is 2.20. The second-order valence-electron chi connectivity index (χ2n) is 6.08. The molecule has 3 rings (SSSR count). The summed E-state index contributed by atoms with van der Waals surface area (Å²) in [6.45, 7) is 5.32. The Hall–Kier alpha value is -1.59. The molecule has 5 nitrogen and oxygen atoms in total. The van der Waals surface area contributed by atoms with Crippen LogP contribution in [0.1, 0.15) is 18.4 Å². The first kappa shape index (κ1) is 15.3. The van der Waals surface area contributed by atoms with Crippen molar-refractivity contribution in [3.05, 3.63) is 29.8 Å². The molecule has 1 saturated heterocycles. The van der Waals surface area contributed by atoms with Crippen LogP contribution in [-0.2, 0) is 16.1 Å². The Labute approximate surface area is 132 Å². The number of carbonyl (C=O) groups is 1. The van der Waals surface area contributed by atoms with Crippen molar-refractivity contribution in [2.75, 3.05) is 44.3 Å².